The fourth-order valence-electron chi connectivity index (χ4n) is 2.37. The highest BCUT2D eigenvalue weighted by Crippen LogP contribution is 2.19. The lowest BCUT2D eigenvalue weighted by molar-refractivity contribution is -0.134. The van der Waals surface area contributed by atoms with Crippen LogP contribution in [0.15, 0.2) is 23.1 Å². The molecule has 1 fully saturated rings. The molecule has 11 heteroatoms. The molecule has 1 heterocycles. The third kappa shape index (κ3) is 4.33. The van der Waals surface area contributed by atoms with Gasteiger partial charge in [0.05, 0.1) is 5.25 Å². The lowest BCUT2D eigenvalue weighted by Crippen LogP contribution is -2.57. The number of rotatable bonds is 7. The predicted molar refractivity (Wildman–Crippen MR) is 86.0 cm³/mol. The van der Waals surface area contributed by atoms with Gasteiger partial charge in [-0.3, -0.25) is 4.79 Å². The molecule has 0 aromatic heterocycles. The summed E-state index contributed by atoms with van der Waals surface area (Å²) in [5.41, 5.74) is 0. The number of halogens is 2. The molecule has 0 aliphatic carbocycles. The molecule has 2 rings (SSSR count). The molecule has 7 nitrogen and oxygen atoms in total. The molecular formula is C14H18F2N2O5S2. The first kappa shape index (κ1) is 19.7. The molecular weight excluding hydrogens is 378 g/mol. The zero-order valence-electron chi connectivity index (χ0n) is 13.4. The van der Waals surface area contributed by atoms with Crippen LogP contribution >= 0.6 is 0 Å². The van der Waals surface area contributed by atoms with E-state index in [1.54, 1.807) is 0 Å². The fourth-order valence-corrected chi connectivity index (χ4v) is 4.82. The smallest absolute Gasteiger partial charge is 0.246 e. The highest BCUT2D eigenvalue weighted by molar-refractivity contribution is 7.92. The van der Waals surface area contributed by atoms with Gasteiger partial charge < -0.3 is 4.90 Å². The van der Waals surface area contributed by atoms with Gasteiger partial charge in [0.1, 0.15) is 11.6 Å². The summed E-state index contributed by atoms with van der Waals surface area (Å²) in [4.78, 5) is 12.1. The minimum absolute atomic E-state index is 0.00625. The minimum Gasteiger partial charge on any atom is -0.340 e. The van der Waals surface area contributed by atoms with E-state index in [1.165, 1.54) is 11.8 Å². The van der Waals surface area contributed by atoms with Crippen LogP contribution in [0.2, 0.25) is 0 Å². The number of nitrogens with zero attached hydrogens (tertiary/aromatic N) is 1. The lowest BCUT2D eigenvalue weighted by Gasteiger charge is -2.38. The van der Waals surface area contributed by atoms with Crippen molar-refractivity contribution in [2.45, 2.75) is 23.5 Å². The summed E-state index contributed by atoms with van der Waals surface area (Å²) in [6.45, 7) is 1.32. The Morgan fingerprint density at radius 1 is 1.20 bits per heavy atom. The number of carbonyl (C=O) groups is 1. The Balaban J connectivity index is 1.88. The second kappa shape index (κ2) is 7.34. The van der Waals surface area contributed by atoms with E-state index in [2.05, 4.69) is 0 Å². The van der Waals surface area contributed by atoms with Crippen LogP contribution in [0.1, 0.15) is 13.3 Å². The average Bonchev–Trinajstić information content (AvgIpc) is 2.44. The van der Waals surface area contributed by atoms with Crippen molar-refractivity contribution in [2.75, 3.05) is 25.4 Å². The highest BCUT2D eigenvalue weighted by atomic mass is 32.2. The van der Waals surface area contributed by atoms with Crippen molar-refractivity contribution >= 4 is 25.8 Å². The van der Waals surface area contributed by atoms with Crippen molar-refractivity contribution in [2.24, 2.45) is 0 Å². The Hall–Kier alpha value is -1.59. The normalized spacial score (nSPS) is 15.9. The van der Waals surface area contributed by atoms with Crippen molar-refractivity contribution < 1.29 is 30.4 Å². The summed E-state index contributed by atoms with van der Waals surface area (Å²) < 4.78 is 76.1. The Bertz CT molecular complexity index is 845. The maximum atomic E-state index is 13.5. The quantitative estimate of drug-likeness (QED) is 0.714. The summed E-state index contributed by atoms with van der Waals surface area (Å²) in [6.07, 6.45) is -0.242. The number of carbonyl (C=O) groups excluding carboxylic acids is 1. The van der Waals surface area contributed by atoms with Crippen molar-refractivity contribution in [1.29, 1.82) is 0 Å². The number of nitrogens with one attached hydrogen (secondary N) is 1. The molecule has 0 spiro atoms. The number of sulfone groups is 1. The van der Waals surface area contributed by atoms with E-state index in [0.717, 1.165) is 18.2 Å². The fraction of sp³-hybridized carbons (Fsp3) is 0.500. The molecule has 1 N–H and O–H groups in total. The van der Waals surface area contributed by atoms with Crippen LogP contribution in [0, 0.1) is 11.6 Å². The van der Waals surface area contributed by atoms with Gasteiger partial charge in [-0.25, -0.2) is 30.3 Å². The Morgan fingerprint density at radius 2 is 1.76 bits per heavy atom. The van der Waals surface area contributed by atoms with Crippen LogP contribution in [-0.4, -0.2) is 58.3 Å². The van der Waals surface area contributed by atoms with Crippen molar-refractivity contribution in [3.63, 3.8) is 0 Å². The highest BCUT2D eigenvalue weighted by Gasteiger charge is 2.38. The second-order valence-electron chi connectivity index (χ2n) is 5.57. The molecule has 0 saturated carbocycles. The molecule has 0 atom stereocenters. The SMILES string of the molecule is CCS(=O)(=O)C1CN(C(=O)CCNS(=O)(=O)c2c(F)cccc2F)C1. The van der Waals surface area contributed by atoms with E-state index < -0.39 is 47.5 Å². The van der Waals surface area contributed by atoms with Gasteiger partial charge in [0, 0.05) is 31.8 Å². The molecule has 1 amide bonds. The summed E-state index contributed by atoms with van der Waals surface area (Å²) >= 11 is 0. The number of amides is 1. The zero-order valence-corrected chi connectivity index (χ0v) is 15.0. The number of sulfonamides is 1. The van der Waals surface area contributed by atoms with Gasteiger partial charge >= 0.3 is 0 Å². The number of benzene rings is 1. The second-order valence-corrected chi connectivity index (χ2v) is 9.84. The van der Waals surface area contributed by atoms with Crippen LogP contribution in [-0.2, 0) is 24.7 Å². The third-order valence-corrected chi connectivity index (χ3v) is 7.56. The molecule has 1 saturated heterocycles. The maximum absolute atomic E-state index is 13.5. The molecule has 0 bridgehead atoms. The van der Waals surface area contributed by atoms with Gasteiger partial charge in [-0.15, -0.1) is 0 Å². The maximum Gasteiger partial charge on any atom is 0.246 e. The number of likely N-dealkylation sites (tertiary alicyclic amines) is 1. The molecule has 1 aliphatic rings. The van der Waals surface area contributed by atoms with Crippen LogP contribution in [0.25, 0.3) is 0 Å². The molecule has 1 aromatic rings. The standard InChI is InChI=1S/C14H18F2N2O5S2/c1-2-24(20,21)10-8-18(9-10)13(19)6-7-17-25(22,23)14-11(15)4-3-5-12(14)16/h3-5,10,17H,2,6-9H2,1H3. The number of hydrogen-bond acceptors (Lipinski definition) is 5. The predicted octanol–water partition coefficient (Wildman–Crippen LogP) is 0.279. The Morgan fingerprint density at radius 3 is 2.28 bits per heavy atom. The van der Waals surface area contributed by atoms with Crippen LogP contribution in [0.4, 0.5) is 8.78 Å². The molecule has 1 aromatic carbocycles. The van der Waals surface area contributed by atoms with E-state index in [1.807, 2.05) is 4.72 Å². The molecule has 0 radical (unpaired) electrons. The van der Waals surface area contributed by atoms with E-state index in [9.17, 15) is 30.4 Å². The summed E-state index contributed by atoms with van der Waals surface area (Å²) in [7, 11) is -7.64. The molecule has 140 valence electrons. The lowest BCUT2D eigenvalue weighted by atomic mass is 10.2. The Labute approximate surface area is 145 Å². The van der Waals surface area contributed by atoms with Gasteiger partial charge in [-0.05, 0) is 12.1 Å². The minimum atomic E-state index is -4.44. The van der Waals surface area contributed by atoms with Crippen molar-refractivity contribution in [3.8, 4) is 0 Å². The molecule has 1 aliphatic heterocycles. The van der Waals surface area contributed by atoms with Gasteiger partial charge in [-0.1, -0.05) is 13.0 Å². The first-order valence-electron chi connectivity index (χ1n) is 7.51. The third-order valence-electron chi connectivity index (χ3n) is 3.93. The van der Waals surface area contributed by atoms with Crippen LogP contribution < -0.4 is 4.72 Å². The molecule has 25 heavy (non-hydrogen) atoms. The van der Waals surface area contributed by atoms with E-state index in [0.29, 0.717) is 0 Å². The van der Waals surface area contributed by atoms with E-state index in [-0.39, 0.29) is 31.8 Å². The number of hydrogen-bond donors (Lipinski definition) is 1. The van der Waals surface area contributed by atoms with Crippen LogP contribution in [0.5, 0.6) is 0 Å². The van der Waals surface area contributed by atoms with Gasteiger partial charge in [0.15, 0.2) is 14.7 Å². The average molecular weight is 396 g/mol. The van der Waals surface area contributed by atoms with Crippen molar-refractivity contribution in [3.05, 3.63) is 29.8 Å². The Kier molecular flexibility index (Phi) is 5.79. The zero-order chi connectivity index (χ0) is 18.8. The van der Waals surface area contributed by atoms with E-state index in [4.69, 9.17) is 0 Å². The van der Waals surface area contributed by atoms with Crippen molar-refractivity contribution in [1.82, 2.24) is 9.62 Å². The summed E-state index contributed by atoms with van der Waals surface area (Å²) in [6, 6.07) is 2.67. The first-order chi connectivity index (χ1) is 11.6. The monoisotopic (exact) mass is 396 g/mol. The van der Waals surface area contributed by atoms with Gasteiger partial charge in [-0.2, -0.15) is 0 Å². The molecule has 0 unspecified atom stereocenters. The summed E-state index contributed by atoms with van der Waals surface area (Å²) in [5, 5.41) is -0.592. The first-order valence-corrected chi connectivity index (χ1v) is 10.7. The summed E-state index contributed by atoms with van der Waals surface area (Å²) in [5.74, 6) is -2.89. The van der Waals surface area contributed by atoms with Gasteiger partial charge in [0.25, 0.3) is 0 Å². The largest absolute Gasteiger partial charge is 0.340 e. The van der Waals surface area contributed by atoms with Gasteiger partial charge in [0.2, 0.25) is 15.9 Å². The van der Waals surface area contributed by atoms with E-state index >= 15 is 0 Å². The topological polar surface area (TPSA) is 101 Å². The van der Waals surface area contributed by atoms with Crippen LogP contribution in [0.3, 0.4) is 0 Å².